The molecule has 2 aliphatic heterocycles. The molecule has 3 rings (SSSR count). The molecule has 0 bridgehead atoms. The summed E-state index contributed by atoms with van der Waals surface area (Å²) >= 11 is 0. The standard InChI is InChI=1S/C21H31N3O5S/c1-16(2)20(25)23-10-4-5-17(15-23)21(26)22-11-13-24(14-12-22)30(27,28)19-8-6-18(29-3)7-9-19/h6-9,16-17H,4-5,10-15H2,1-3H3. The first-order valence-electron chi connectivity index (χ1n) is 10.5. The quantitative estimate of drug-likeness (QED) is 0.695. The van der Waals surface area contributed by atoms with E-state index in [4.69, 9.17) is 4.74 Å². The highest BCUT2D eigenvalue weighted by molar-refractivity contribution is 7.89. The average molecular weight is 438 g/mol. The molecule has 1 aromatic carbocycles. The van der Waals surface area contributed by atoms with Gasteiger partial charge in [0.1, 0.15) is 5.75 Å². The van der Waals surface area contributed by atoms with E-state index in [0.717, 1.165) is 12.8 Å². The fourth-order valence-electron chi connectivity index (χ4n) is 4.05. The van der Waals surface area contributed by atoms with E-state index >= 15 is 0 Å². The number of hydrogen-bond donors (Lipinski definition) is 0. The normalized spacial score (nSPS) is 21.0. The molecular weight excluding hydrogens is 406 g/mol. The Kier molecular flexibility index (Phi) is 7.02. The van der Waals surface area contributed by atoms with E-state index in [2.05, 4.69) is 0 Å². The van der Waals surface area contributed by atoms with Gasteiger partial charge in [-0.3, -0.25) is 9.59 Å². The van der Waals surface area contributed by atoms with Crippen molar-refractivity contribution in [1.29, 1.82) is 0 Å². The van der Waals surface area contributed by atoms with Gasteiger partial charge in [0.2, 0.25) is 21.8 Å². The lowest BCUT2D eigenvalue weighted by atomic mass is 9.95. The lowest BCUT2D eigenvalue weighted by molar-refractivity contribution is -0.143. The number of likely N-dealkylation sites (tertiary alicyclic amines) is 1. The zero-order valence-electron chi connectivity index (χ0n) is 17.9. The first-order chi connectivity index (χ1) is 14.2. The van der Waals surface area contributed by atoms with Crippen LogP contribution in [0.3, 0.4) is 0 Å². The fourth-order valence-corrected chi connectivity index (χ4v) is 5.47. The molecule has 0 radical (unpaired) electrons. The van der Waals surface area contributed by atoms with Crippen molar-refractivity contribution in [3.8, 4) is 5.75 Å². The summed E-state index contributed by atoms with van der Waals surface area (Å²) in [5.41, 5.74) is 0. The van der Waals surface area contributed by atoms with Gasteiger partial charge in [-0.15, -0.1) is 0 Å². The summed E-state index contributed by atoms with van der Waals surface area (Å²) in [5, 5.41) is 0. The van der Waals surface area contributed by atoms with Crippen LogP contribution in [0, 0.1) is 11.8 Å². The van der Waals surface area contributed by atoms with Crippen LogP contribution < -0.4 is 4.74 Å². The summed E-state index contributed by atoms with van der Waals surface area (Å²) in [5.74, 6) is 0.430. The second-order valence-electron chi connectivity index (χ2n) is 8.18. The van der Waals surface area contributed by atoms with E-state index in [-0.39, 0.29) is 41.6 Å². The summed E-state index contributed by atoms with van der Waals surface area (Å²) in [6.45, 7) is 6.16. The highest BCUT2D eigenvalue weighted by atomic mass is 32.2. The van der Waals surface area contributed by atoms with E-state index in [1.54, 1.807) is 21.9 Å². The lowest BCUT2D eigenvalue weighted by Crippen LogP contribution is -2.54. The van der Waals surface area contributed by atoms with E-state index in [0.29, 0.717) is 31.9 Å². The van der Waals surface area contributed by atoms with Gasteiger partial charge in [-0.2, -0.15) is 4.31 Å². The molecule has 1 atom stereocenters. The van der Waals surface area contributed by atoms with Gasteiger partial charge in [0.05, 0.1) is 17.9 Å². The van der Waals surface area contributed by atoms with Crippen molar-refractivity contribution in [1.82, 2.24) is 14.1 Å². The molecule has 0 spiro atoms. The van der Waals surface area contributed by atoms with E-state index in [9.17, 15) is 18.0 Å². The van der Waals surface area contributed by atoms with Gasteiger partial charge in [-0.05, 0) is 37.1 Å². The SMILES string of the molecule is COc1ccc(S(=O)(=O)N2CCN(C(=O)C3CCCN(C(=O)C(C)C)C3)CC2)cc1. The monoisotopic (exact) mass is 437 g/mol. The number of nitrogens with zero attached hydrogens (tertiary/aromatic N) is 3. The summed E-state index contributed by atoms with van der Waals surface area (Å²) in [4.78, 5) is 29.0. The topological polar surface area (TPSA) is 87.2 Å². The first-order valence-corrected chi connectivity index (χ1v) is 11.9. The zero-order valence-corrected chi connectivity index (χ0v) is 18.7. The molecule has 8 nitrogen and oxygen atoms in total. The maximum absolute atomic E-state index is 13.0. The van der Waals surface area contributed by atoms with Gasteiger partial charge in [0.25, 0.3) is 0 Å². The van der Waals surface area contributed by atoms with Crippen molar-refractivity contribution in [2.24, 2.45) is 11.8 Å². The van der Waals surface area contributed by atoms with Crippen molar-refractivity contribution in [2.75, 3.05) is 46.4 Å². The number of ether oxygens (including phenoxy) is 1. The van der Waals surface area contributed by atoms with Gasteiger partial charge in [0.15, 0.2) is 0 Å². The number of hydrogen-bond acceptors (Lipinski definition) is 5. The molecule has 2 saturated heterocycles. The fraction of sp³-hybridized carbons (Fsp3) is 0.619. The smallest absolute Gasteiger partial charge is 0.243 e. The highest BCUT2D eigenvalue weighted by Gasteiger charge is 2.35. The molecule has 0 saturated carbocycles. The molecule has 9 heteroatoms. The Hall–Kier alpha value is -2.13. The molecule has 0 aliphatic carbocycles. The Morgan fingerprint density at radius 1 is 1.00 bits per heavy atom. The summed E-state index contributed by atoms with van der Waals surface area (Å²) in [7, 11) is -2.07. The number of carbonyl (C=O) groups excluding carboxylic acids is 2. The van der Waals surface area contributed by atoms with Crippen molar-refractivity contribution >= 4 is 21.8 Å². The average Bonchev–Trinajstić information content (AvgIpc) is 2.78. The van der Waals surface area contributed by atoms with Crippen LogP contribution in [0.15, 0.2) is 29.2 Å². The van der Waals surface area contributed by atoms with E-state index in [1.165, 1.54) is 23.5 Å². The van der Waals surface area contributed by atoms with Gasteiger partial charge in [0, 0.05) is 45.2 Å². The number of carbonyl (C=O) groups is 2. The van der Waals surface area contributed by atoms with Crippen LogP contribution in [0.25, 0.3) is 0 Å². The number of piperidine rings is 1. The Morgan fingerprint density at radius 2 is 1.63 bits per heavy atom. The maximum Gasteiger partial charge on any atom is 0.243 e. The number of benzene rings is 1. The van der Waals surface area contributed by atoms with Crippen molar-refractivity contribution in [3.63, 3.8) is 0 Å². The van der Waals surface area contributed by atoms with Crippen molar-refractivity contribution in [3.05, 3.63) is 24.3 Å². The molecule has 2 fully saturated rings. The minimum absolute atomic E-state index is 0.0257. The van der Waals surface area contributed by atoms with E-state index in [1.807, 2.05) is 13.8 Å². The number of methoxy groups -OCH3 is 1. The Morgan fingerprint density at radius 3 is 2.20 bits per heavy atom. The molecule has 2 aliphatic rings. The summed E-state index contributed by atoms with van der Waals surface area (Å²) in [6.07, 6.45) is 1.59. The zero-order chi connectivity index (χ0) is 21.9. The molecule has 2 amide bonds. The molecule has 30 heavy (non-hydrogen) atoms. The number of amides is 2. The molecule has 0 N–H and O–H groups in total. The third-order valence-electron chi connectivity index (χ3n) is 5.82. The van der Waals surface area contributed by atoms with Crippen LogP contribution >= 0.6 is 0 Å². The van der Waals surface area contributed by atoms with Gasteiger partial charge in [-0.1, -0.05) is 13.8 Å². The number of piperazine rings is 1. The first kappa shape index (κ1) is 22.6. The third-order valence-corrected chi connectivity index (χ3v) is 7.74. The van der Waals surface area contributed by atoms with Crippen LogP contribution in [0.4, 0.5) is 0 Å². The minimum atomic E-state index is -3.60. The molecular formula is C21H31N3O5S. The molecule has 2 heterocycles. The van der Waals surface area contributed by atoms with Crippen LogP contribution in [0.5, 0.6) is 5.75 Å². The summed E-state index contributed by atoms with van der Waals surface area (Å²) in [6, 6.07) is 6.32. The van der Waals surface area contributed by atoms with Crippen LogP contribution in [-0.2, 0) is 19.6 Å². The Balaban J connectivity index is 1.59. The molecule has 1 aromatic rings. The van der Waals surface area contributed by atoms with E-state index < -0.39 is 10.0 Å². The van der Waals surface area contributed by atoms with Crippen molar-refractivity contribution < 1.29 is 22.7 Å². The van der Waals surface area contributed by atoms with Gasteiger partial charge < -0.3 is 14.5 Å². The Labute approximate surface area is 178 Å². The predicted octanol–water partition coefficient (Wildman–Crippen LogP) is 1.42. The van der Waals surface area contributed by atoms with Gasteiger partial charge >= 0.3 is 0 Å². The third kappa shape index (κ3) is 4.78. The highest BCUT2D eigenvalue weighted by Crippen LogP contribution is 2.24. The molecule has 166 valence electrons. The largest absolute Gasteiger partial charge is 0.497 e. The predicted molar refractivity (Wildman–Crippen MR) is 112 cm³/mol. The lowest BCUT2D eigenvalue weighted by Gasteiger charge is -2.39. The van der Waals surface area contributed by atoms with Crippen LogP contribution in [0.2, 0.25) is 0 Å². The Bertz CT molecular complexity index is 861. The second-order valence-corrected chi connectivity index (χ2v) is 10.1. The molecule has 0 aromatic heterocycles. The molecule has 1 unspecified atom stereocenters. The summed E-state index contributed by atoms with van der Waals surface area (Å²) < 4.78 is 32.3. The second kappa shape index (κ2) is 9.34. The van der Waals surface area contributed by atoms with Crippen molar-refractivity contribution in [2.45, 2.75) is 31.6 Å². The minimum Gasteiger partial charge on any atom is -0.497 e. The maximum atomic E-state index is 13.0. The van der Waals surface area contributed by atoms with Gasteiger partial charge in [-0.25, -0.2) is 8.42 Å². The number of rotatable bonds is 5. The van der Waals surface area contributed by atoms with Crippen LogP contribution in [0.1, 0.15) is 26.7 Å². The van der Waals surface area contributed by atoms with Crippen LogP contribution in [-0.4, -0.2) is 80.7 Å². The number of sulfonamides is 1.